The summed E-state index contributed by atoms with van der Waals surface area (Å²) in [7, 11) is 0. The summed E-state index contributed by atoms with van der Waals surface area (Å²) in [5.41, 5.74) is 2.22. The van der Waals surface area contributed by atoms with Gasteiger partial charge in [-0.2, -0.15) is 0 Å². The van der Waals surface area contributed by atoms with Crippen molar-refractivity contribution in [3.63, 3.8) is 0 Å². The highest BCUT2D eigenvalue weighted by molar-refractivity contribution is 5.41. The summed E-state index contributed by atoms with van der Waals surface area (Å²) in [5, 5.41) is 9.57. The quantitative estimate of drug-likeness (QED) is 0.560. The van der Waals surface area contributed by atoms with E-state index in [0.29, 0.717) is 0 Å². The minimum absolute atomic E-state index is 0.0624. The fourth-order valence-corrected chi connectivity index (χ4v) is 1.83. The number of rotatable bonds is 0. The Balaban J connectivity index is 2.22. The normalized spacial score (nSPS) is 38.1. The molecular weight excluding hydrogens is 140 g/mol. The molecular formula is C9H8O2. The predicted octanol–water partition coefficient (Wildman–Crippen LogP) is 1.17. The second-order valence-electron chi connectivity index (χ2n) is 3.10. The van der Waals surface area contributed by atoms with Gasteiger partial charge in [0.05, 0.1) is 0 Å². The van der Waals surface area contributed by atoms with Crippen molar-refractivity contribution in [1.82, 2.24) is 0 Å². The first-order valence-electron chi connectivity index (χ1n) is 3.80. The highest BCUT2D eigenvalue weighted by Crippen LogP contribution is 2.54. The molecule has 3 rings (SSSR count). The van der Waals surface area contributed by atoms with Crippen molar-refractivity contribution in [2.75, 3.05) is 0 Å². The largest absolute Gasteiger partial charge is 0.386 e. The monoisotopic (exact) mass is 148 g/mol. The van der Waals surface area contributed by atoms with Gasteiger partial charge in [0.25, 0.3) is 0 Å². The zero-order valence-electron chi connectivity index (χ0n) is 5.90. The summed E-state index contributed by atoms with van der Waals surface area (Å²) in [6, 6.07) is 7.92. The highest BCUT2D eigenvalue weighted by Gasteiger charge is 2.53. The van der Waals surface area contributed by atoms with Crippen molar-refractivity contribution in [3.05, 3.63) is 35.4 Å². The second kappa shape index (κ2) is 1.65. The van der Waals surface area contributed by atoms with Crippen LogP contribution in [0.15, 0.2) is 24.3 Å². The number of hydrogen-bond acceptors (Lipinski definition) is 2. The number of hydrogen-bond donors (Lipinski definition) is 1. The molecule has 0 saturated carbocycles. The topological polar surface area (TPSA) is 32.8 Å². The van der Waals surface area contributed by atoms with Crippen molar-refractivity contribution >= 4 is 0 Å². The number of epoxide rings is 1. The van der Waals surface area contributed by atoms with Crippen LogP contribution in [0.1, 0.15) is 23.3 Å². The lowest BCUT2D eigenvalue weighted by Crippen LogP contribution is -1.99. The molecule has 56 valence electrons. The molecule has 0 spiro atoms. The third-order valence-corrected chi connectivity index (χ3v) is 2.46. The number of aliphatic hydroxyl groups is 1. The lowest BCUT2D eigenvalue weighted by atomic mass is 10.1. The molecule has 2 aliphatic rings. The summed E-state index contributed by atoms with van der Waals surface area (Å²) < 4.78 is 5.24. The Bertz CT molecular complexity index is 293. The summed E-state index contributed by atoms with van der Waals surface area (Å²) in [6.45, 7) is 0. The van der Waals surface area contributed by atoms with Crippen LogP contribution in [0.5, 0.6) is 0 Å². The van der Waals surface area contributed by atoms with Crippen molar-refractivity contribution in [3.8, 4) is 0 Å². The molecule has 1 aromatic carbocycles. The molecule has 0 unspecified atom stereocenters. The molecule has 2 nitrogen and oxygen atoms in total. The third-order valence-electron chi connectivity index (χ3n) is 2.46. The van der Waals surface area contributed by atoms with Gasteiger partial charge in [0.1, 0.15) is 18.3 Å². The number of benzene rings is 1. The minimum atomic E-state index is -0.379. The van der Waals surface area contributed by atoms with E-state index in [-0.39, 0.29) is 18.3 Å². The zero-order chi connectivity index (χ0) is 7.42. The molecule has 1 heterocycles. The van der Waals surface area contributed by atoms with Gasteiger partial charge in [-0.1, -0.05) is 24.3 Å². The van der Waals surface area contributed by atoms with Gasteiger partial charge >= 0.3 is 0 Å². The van der Waals surface area contributed by atoms with Crippen LogP contribution in [0.4, 0.5) is 0 Å². The molecule has 1 aliphatic heterocycles. The van der Waals surface area contributed by atoms with E-state index >= 15 is 0 Å². The van der Waals surface area contributed by atoms with Crippen LogP contribution < -0.4 is 0 Å². The lowest BCUT2D eigenvalue weighted by Gasteiger charge is -2.05. The van der Waals surface area contributed by atoms with Gasteiger partial charge in [-0.3, -0.25) is 0 Å². The highest BCUT2D eigenvalue weighted by atomic mass is 16.6. The number of ether oxygens (including phenoxy) is 1. The molecule has 1 aliphatic carbocycles. The molecule has 1 N–H and O–H groups in total. The maximum Gasteiger partial charge on any atom is 0.119 e. The average Bonchev–Trinajstić information content (AvgIpc) is 2.78. The van der Waals surface area contributed by atoms with Crippen LogP contribution >= 0.6 is 0 Å². The van der Waals surface area contributed by atoms with Gasteiger partial charge in [-0.05, 0) is 11.1 Å². The van der Waals surface area contributed by atoms with Crippen LogP contribution in [0.25, 0.3) is 0 Å². The summed E-state index contributed by atoms with van der Waals surface area (Å²) in [4.78, 5) is 0. The summed E-state index contributed by atoms with van der Waals surface area (Å²) >= 11 is 0. The smallest absolute Gasteiger partial charge is 0.119 e. The fourth-order valence-electron chi connectivity index (χ4n) is 1.83. The molecule has 0 radical (unpaired) electrons. The van der Waals surface area contributed by atoms with E-state index in [1.807, 2.05) is 24.3 Å². The van der Waals surface area contributed by atoms with E-state index in [2.05, 4.69) is 0 Å². The van der Waals surface area contributed by atoms with E-state index in [1.165, 1.54) is 5.56 Å². The van der Waals surface area contributed by atoms with Crippen molar-refractivity contribution in [1.29, 1.82) is 0 Å². The molecule has 2 heteroatoms. The zero-order valence-corrected chi connectivity index (χ0v) is 5.90. The van der Waals surface area contributed by atoms with E-state index < -0.39 is 0 Å². The maximum absolute atomic E-state index is 9.57. The van der Waals surface area contributed by atoms with Gasteiger partial charge in [0, 0.05) is 0 Å². The lowest BCUT2D eigenvalue weighted by molar-refractivity contribution is 0.134. The Kier molecular flexibility index (Phi) is 0.864. The molecule has 3 atom stereocenters. The Hall–Kier alpha value is -0.860. The van der Waals surface area contributed by atoms with Crippen LogP contribution in [-0.2, 0) is 4.74 Å². The van der Waals surface area contributed by atoms with Crippen molar-refractivity contribution in [2.45, 2.75) is 18.3 Å². The minimum Gasteiger partial charge on any atom is -0.386 e. The summed E-state index contributed by atoms with van der Waals surface area (Å²) in [6.07, 6.45) is -0.121. The third kappa shape index (κ3) is 0.588. The Morgan fingerprint density at radius 1 is 1.18 bits per heavy atom. The van der Waals surface area contributed by atoms with Gasteiger partial charge < -0.3 is 9.84 Å². The van der Waals surface area contributed by atoms with E-state index in [9.17, 15) is 5.11 Å². The van der Waals surface area contributed by atoms with E-state index in [0.717, 1.165) is 5.56 Å². The molecule has 0 bridgehead atoms. The molecule has 0 amide bonds. The average molecular weight is 148 g/mol. The summed E-state index contributed by atoms with van der Waals surface area (Å²) in [5.74, 6) is 0. The van der Waals surface area contributed by atoms with Crippen LogP contribution in [0.2, 0.25) is 0 Å². The number of fused-ring (bicyclic) bond motifs is 3. The van der Waals surface area contributed by atoms with Crippen LogP contribution in [-0.4, -0.2) is 11.2 Å². The molecule has 0 aromatic heterocycles. The van der Waals surface area contributed by atoms with E-state index in [1.54, 1.807) is 0 Å². The van der Waals surface area contributed by atoms with E-state index in [4.69, 9.17) is 4.74 Å². The molecule has 11 heavy (non-hydrogen) atoms. The SMILES string of the molecule is O[C@H]1c2ccccc2[C@H]2O[C@H]21. The molecule has 1 fully saturated rings. The second-order valence-corrected chi connectivity index (χ2v) is 3.10. The number of aliphatic hydroxyl groups excluding tert-OH is 1. The maximum atomic E-state index is 9.57. The van der Waals surface area contributed by atoms with Crippen molar-refractivity contribution in [2.24, 2.45) is 0 Å². The van der Waals surface area contributed by atoms with Crippen LogP contribution in [0, 0.1) is 0 Å². The van der Waals surface area contributed by atoms with Crippen LogP contribution in [0.3, 0.4) is 0 Å². The Morgan fingerprint density at radius 2 is 1.91 bits per heavy atom. The predicted molar refractivity (Wildman–Crippen MR) is 39.0 cm³/mol. The van der Waals surface area contributed by atoms with Gasteiger partial charge in [0.2, 0.25) is 0 Å². The van der Waals surface area contributed by atoms with Gasteiger partial charge in [-0.25, -0.2) is 0 Å². The first kappa shape index (κ1) is 5.75. The molecule has 1 aromatic rings. The van der Waals surface area contributed by atoms with Gasteiger partial charge in [-0.15, -0.1) is 0 Å². The van der Waals surface area contributed by atoms with Crippen molar-refractivity contribution < 1.29 is 9.84 Å². The first-order chi connectivity index (χ1) is 5.38. The fraction of sp³-hybridized carbons (Fsp3) is 0.333. The Labute approximate surface area is 64.4 Å². The molecule has 1 saturated heterocycles. The van der Waals surface area contributed by atoms with Gasteiger partial charge in [0.15, 0.2) is 0 Å². The standard InChI is InChI=1S/C9H8O2/c10-7-5-3-1-2-4-6(5)8-9(7)11-8/h1-4,7-10H/t7-,8+,9-/m0/s1. The first-order valence-corrected chi connectivity index (χ1v) is 3.80. The Morgan fingerprint density at radius 3 is 2.64 bits per heavy atom.